The van der Waals surface area contributed by atoms with E-state index in [-0.39, 0.29) is 6.61 Å². The standard InChI is InChI=1S/C22H33N3O/c1-17(13-14-26)24(2)15-21-16-25(3)23-22(21)20-11-9-19(10-12-20)18-7-5-4-6-8-18/h9-12,16-18,26H,4-8,13-15H2,1-3H3/t17-/m1/s1. The maximum atomic E-state index is 9.18. The topological polar surface area (TPSA) is 41.3 Å². The molecule has 1 aromatic heterocycles. The zero-order valence-corrected chi connectivity index (χ0v) is 16.5. The van der Waals surface area contributed by atoms with Gasteiger partial charge in [-0.05, 0) is 44.7 Å². The maximum absolute atomic E-state index is 9.18. The van der Waals surface area contributed by atoms with E-state index < -0.39 is 0 Å². The number of nitrogens with zero attached hydrogens (tertiary/aromatic N) is 3. The van der Waals surface area contributed by atoms with Crippen LogP contribution in [0.3, 0.4) is 0 Å². The quantitative estimate of drug-likeness (QED) is 0.803. The summed E-state index contributed by atoms with van der Waals surface area (Å²) in [6.45, 7) is 3.23. The first-order valence-corrected chi connectivity index (χ1v) is 10.0. The van der Waals surface area contributed by atoms with Crippen molar-refractivity contribution in [1.29, 1.82) is 0 Å². The predicted octanol–water partition coefficient (Wildman–Crippen LogP) is 4.34. The van der Waals surface area contributed by atoms with Crippen molar-refractivity contribution in [1.82, 2.24) is 14.7 Å². The molecule has 1 saturated carbocycles. The van der Waals surface area contributed by atoms with E-state index in [0.717, 1.165) is 24.6 Å². The van der Waals surface area contributed by atoms with E-state index in [1.807, 2.05) is 11.7 Å². The summed E-state index contributed by atoms with van der Waals surface area (Å²) in [6.07, 6.45) is 9.72. The van der Waals surface area contributed by atoms with Gasteiger partial charge in [0.15, 0.2) is 0 Å². The molecule has 26 heavy (non-hydrogen) atoms. The first-order valence-electron chi connectivity index (χ1n) is 10.0. The molecular weight excluding hydrogens is 322 g/mol. The Bertz CT molecular complexity index is 686. The van der Waals surface area contributed by atoms with Crippen molar-refractivity contribution in [2.45, 2.75) is 64.0 Å². The number of aryl methyl sites for hydroxylation is 1. The lowest BCUT2D eigenvalue weighted by Crippen LogP contribution is -2.29. The minimum Gasteiger partial charge on any atom is -0.396 e. The number of benzene rings is 1. The van der Waals surface area contributed by atoms with Crippen LogP contribution >= 0.6 is 0 Å². The third-order valence-corrected chi connectivity index (χ3v) is 5.88. The van der Waals surface area contributed by atoms with Gasteiger partial charge in [-0.15, -0.1) is 0 Å². The van der Waals surface area contributed by atoms with Gasteiger partial charge >= 0.3 is 0 Å². The van der Waals surface area contributed by atoms with Crippen LogP contribution in [0.5, 0.6) is 0 Å². The summed E-state index contributed by atoms with van der Waals surface area (Å²) in [7, 11) is 4.10. The van der Waals surface area contributed by atoms with Crippen LogP contribution in [0.25, 0.3) is 11.3 Å². The van der Waals surface area contributed by atoms with E-state index in [0.29, 0.717) is 6.04 Å². The first-order chi connectivity index (χ1) is 12.6. The van der Waals surface area contributed by atoms with Crippen molar-refractivity contribution >= 4 is 0 Å². The van der Waals surface area contributed by atoms with Gasteiger partial charge in [-0.1, -0.05) is 43.5 Å². The summed E-state index contributed by atoms with van der Waals surface area (Å²) >= 11 is 0. The molecule has 1 N–H and O–H groups in total. The van der Waals surface area contributed by atoms with Gasteiger partial charge in [-0.25, -0.2) is 0 Å². The van der Waals surface area contributed by atoms with Crippen LogP contribution in [-0.4, -0.2) is 39.5 Å². The van der Waals surface area contributed by atoms with Gasteiger partial charge in [0.05, 0.1) is 5.69 Å². The fourth-order valence-electron chi connectivity index (χ4n) is 4.08. The van der Waals surface area contributed by atoms with Crippen LogP contribution in [0.15, 0.2) is 30.5 Å². The molecule has 1 aliphatic rings. The summed E-state index contributed by atoms with van der Waals surface area (Å²) < 4.78 is 1.91. The molecule has 3 rings (SSSR count). The summed E-state index contributed by atoms with van der Waals surface area (Å²) in [4.78, 5) is 2.28. The Balaban J connectivity index is 1.76. The van der Waals surface area contributed by atoms with Gasteiger partial charge < -0.3 is 5.11 Å². The van der Waals surface area contributed by atoms with E-state index in [1.165, 1.54) is 48.8 Å². The Hall–Kier alpha value is -1.65. The summed E-state index contributed by atoms with van der Waals surface area (Å²) in [5.74, 6) is 0.742. The normalized spacial score (nSPS) is 17.0. The Labute approximate surface area is 157 Å². The van der Waals surface area contributed by atoms with Crippen LogP contribution in [0.2, 0.25) is 0 Å². The zero-order valence-electron chi connectivity index (χ0n) is 16.5. The van der Waals surface area contributed by atoms with Gasteiger partial charge in [-0.3, -0.25) is 9.58 Å². The second kappa shape index (κ2) is 8.83. The molecule has 0 bridgehead atoms. The molecule has 0 aliphatic heterocycles. The van der Waals surface area contributed by atoms with E-state index in [1.54, 1.807) is 0 Å². The molecule has 1 heterocycles. The van der Waals surface area contributed by atoms with Crippen LogP contribution in [0.1, 0.15) is 62.5 Å². The molecule has 1 atom stereocenters. The Kier molecular flexibility index (Phi) is 6.49. The molecule has 2 aromatic rings. The van der Waals surface area contributed by atoms with Gasteiger partial charge in [0.25, 0.3) is 0 Å². The number of hydrogen-bond acceptors (Lipinski definition) is 3. The minimum absolute atomic E-state index is 0.230. The third kappa shape index (κ3) is 4.54. The number of hydrogen-bond donors (Lipinski definition) is 1. The molecule has 0 saturated heterocycles. The molecule has 0 spiro atoms. The highest BCUT2D eigenvalue weighted by atomic mass is 16.3. The number of aromatic nitrogens is 2. The number of aliphatic hydroxyl groups excluding tert-OH is 1. The van der Waals surface area contributed by atoms with Crippen LogP contribution < -0.4 is 0 Å². The predicted molar refractivity (Wildman–Crippen MR) is 107 cm³/mol. The summed E-state index contributed by atoms with van der Waals surface area (Å²) in [6, 6.07) is 9.45. The lowest BCUT2D eigenvalue weighted by Gasteiger charge is -2.24. The van der Waals surface area contributed by atoms with Crippen molar-refractivity contribution in [3.8, 4) is 11.3 Å². The molecule has 0 unspecified atom stereocenters. The SMILES string of the molecule is C[C@H](CCO)N(C)Cc1cn(C)nc1-c1ccc(C2CCCCC2)cc1. The second-order valence-electron chi connectivity index (χ2n) is 7.91. The first kappa shape index (κ1) is 19.1. The number of aliphatic hydroxyl groups is 1. The van der Waals surface area contributed by atoms with Gasteiger partial charge in [0.1, 0.15) is 0 Å². The lowest BCUT2D eigenvalue weighted by molar-refractivity contribution is 0.191. The third-order valence-electron chi connectivity index (χ3n) is 5.88. The largest absolute Gasteiger partial charge is 0.396 e. The molecule has 0 amide bonds. The molecule has 1 aliphatic carbocycles. The Morgan fingerprint density at radius 1 is 1.19 bits per heavy atom. The maximum Gasteiger partial charge on any atom is 0.0968 e. The van der Waals surface area contributed by atoms with Gasteiger partial charge in [0, 0.05) is 43.6 Å². The Morgan fingerprint density at radius 2 is 1.88 bits per heavy atom. The molecular formula is C22H33N3O. The molecule has 4 nitrogen and oxygen atoms in total. The Morgan fingerprint density at radius 3 is 2.54 bits per heavy atom. The van der Waals surface area contributed by atoms with Crippen molar-refractivity contribution < 1.29 is 5.11 Å². The van der Waals surface area contributed by atoms with E-state index >= 15 is 0 Å². The molecule has 142 valence electrons. The van der Waals surface area contributed by atoms with Crippen LogP contribution in [0.4, 0.5) is 0 Å². The highest BCUT2D eigenvalue weighted by molar-refractivity contribution is 5.63. The molecule has 1 fully saturated rings. The molecule has 4 heteroatoms. The van der Waals surface area contributed by atoms with Crippen molar-refractivity contribution in [2.24, 2.45) is 7.05 Å². The zero-order chi connectivity index (χ0) is 18.5. The fourth-order valence-corrected chi connectivity index (χ4v) is 4.08. The smallest absolute Gasteiger partial charge is 0.0968 e. The summed E-state index contributed by atoms with van der Waals surface area (Å²) in [5, 5.41) is 13.9. The van der Waals surface area contributed by atoms with Crippen molar-refractivity contribution in [3.63, 3.8) is 0 Å². The average Bonchev–Trinajstić information content (AvgIpc) is 3.03. The highest BCUT2D eigenvalue weighted by Gasteiger charge is 2.18. The molecule has 1 aromatic carbocycles. The second-order valence-corrected chi connectivity index (χ2v) is 7.91. The summed E-state index contributed by atoms with van der Waals surface area (Å²) in [5.41, 5.74) is 5.00. The van der Waals surface area contributed by atoms with E-state index in [9.17, 15) is 5.11 Å². The van der Waals surface area contributed by atoms with Crippen molar-refractivity contribution in [3.05, 3.63) is 41.6 Å². The van der Waals surface area contributed by atoms with Crippen LogP contribution in [-0.2, 0) is 13.6 Å². The van der Waals surface area contributed by atoms with E-state index in [4.69, 9.17) is 5.10 Å². The minimum atomic E-state index is 0.230. The highest BCUT2D eigenvalue weighted by Crippen LogP contribution is 2.34. The lowest BCUT2D eigenvalue weighted by atomic mass is 9.84. The monoisotopic (exact) mass is 355 g/mol. The van der Waals surface area contributed by atoms with Gasteiger partial charge in [-0.2, -0.15) is 5.10 Å². The van der Waals surface area contributed by atoms with Gasteiger partial charge in [0.2, 0.25) is 0 Å². The average molecular weight is 356 g/mol. The van der Waals surface area contributed by atoms with Crippen molar-refractivity contribution in [2.75, 3.05) is 13.7 Å². The number of rotatable bonds is 7. The van der Waals surface area contributed by atoms with E-state index in [2.05, 4.69) is 49.3 Å². The molecule has 0 radical (unpaired) electrons. The van der Waals surface area contributed by atoms with Crippen LogP contribution in [0, 0.1) is 0 Å². The fraction of sp³-hybridized carbons (Fsp3) is 0.591.